The fourth-order valence-corrected chi connectivity index (χ4v) is 4.00. The first kappa shape index (κ1) is 19.6. The lowest BCUT2D eigenvalue weighted by atomic mass is 9.86. The van der Waals surface area contributed by atoms with E-state index in [-0.39, 0.29) is 17.7 Å². The highest BCUT2D eigenvalue weighted by Crippen LogP contribution is 2.44. The predicted molar refractivity (Wildman–Crippen MR) is 103 cm³/mol. The zero-order chi connectivity index (χ0) is 20.4. The molecule has 1 heterocycles. The van der Waals surface area contributed by atoms with Crippen LogP contribution in [0.3, 0.4) is 0 Å². The first-order valence-corrected chi connectivity index (χ1v) is 9.56. The number of hydrogen-bond donors (Lipinski definition) is 1. The van der Waals surface area contributed by atoms with Crippen LogP contribution < -0.4 is 0 Å². The molecule has 4 nitrogen and oxygen atoms in total. The van der Waals surface area contributed by atoms with Gasteiger partial charge in [-0.25, -0.2) is 13.6 Å². The fraction of sp³-hybridized carbons (Fsp3) is 0.348. The first-order chi connectivity index (χ1) is 14.0. The number of carbonyl (C=O) groups is 1. The van der Waals surface area contributed by atoms with Crippen LogP contribution in [0.2, 0.25) is 0 Å². The van der Waals surface area contributed by atoms with Gasteiger partial charge in [-0.15, -0.1) is 0 Å². The van der Waals surface area contributed by atoms with Gasteiger partial charge in [-0.05, 0) is 53.6 Å². The SMILES string of the molecule is O=C(O)C(OCC#CCN1C[C@H]2C[C@H]2C1)(c1ccc(F)cc1)c1ccc(F)cc1. The molecule has 1 N–H and O–H groups in total. The Morgan fingerprint density at radius 1 is 1.00 bits per heavy atom. The molecule has 2 aliphatic rings. The molecule has 150 valence electrons. The van der Waals surface area contributed by atoms with Gasteiger partial charge >= 0.3 is 5.97 Å². The molecule has 0 unspecified atom stereocenters. The monoisotopic (exact) mass is 397 g/mol. The average Bonchev–Trinajstić information content (AvgIpc) is 3.32. The van der Waals surface area contributed by atoms with E-state index in [0.29, 0.717) is 6.54 Å². The van der Waals surface area contributed by atoms with Crippen LogP contribution in [-0.2, 0) is 15.1 Å². The normalized spacial score (nSPS) is 20.6. The number of aliphatic carboxylic acids is 1. The maximum atomic E-state index is 13.4. The number of fused-ring (bicyclic) bond motifs is 1. The number of ether oxygens (including phenoxy) is 1. The highest BCUT2D eigenvalue weighted by molar-refractivity contribution is 5.84. The molecular weight excluding hydrogens is 376 g/mol. The van der Waals surface area contributed by atoms with Crippen LogP contribution in [0.25, 0.3) is 0 Å². The number of hydrogen-bond acceptors (Lipinski definition) is 3. The van der Waals surface area contributed by atoms with Gasteiger partial charge in [-0.1, -0.05) is 36.1 Å². The third kappa shape index (κ3) is 4.02. The van der Waals surface area contributed by atoms with Crippen LogP contribution in [0.4, 0.5) is 8.78 Å². The van der Waals surface area contributed by atoms with Crippen molar-refractivity contribution in [1.82, 2.24) is 4.90 Å². The lowest BCUT2D eigenvalue weighted by Gasteiger charge is -2.30. The molecule has 2 aromatic carbocycles. The van der Waals surface area contributed by atoms with E-state index < -0.39 is 23.2 Å². The Bertz CT molecular complexity index is 891. The number of rotatable bonds is 6. The van der Waals surface area contributed by atoms with Gasteiger partial charge in [0.2, 0.25) is 5.60 Å². The predicted octanol–water partition coefficient (Wildman–Crippen LogP) is 3.26. The highest BCUT2D eigenvalue weighted by Gasteiger charge is 2.45. The number of likely N-dealkylation sites (tertiary alicyclic amines) is 1. The molecule has 1 aliphatic carbocycles. The van der Waals surface area contributed by atoms with E-state index in [2.05, 4.69) is 16.7 Å². The summed E-state index contributed by atoms with van der Waals surface area (Å²) in [6, 6.07) is 10.1. The number of piperidine rings is 1. The van der Waals surface area contributed by atoms with E-state index in [1.165, 1.54) is 55.0 Å². The quantitative estimate of drug-likeness (QED) is 0.761. The standard InChI is InChI=1S/C23H21F2NO3/c24-20-7-3-18(4-8-20)23(22(27)28,19-5-9-21(25)10-6-19)29-12-2-1-11-26-14-16-13-17(16)15-26/h3-10,16-17H,11-15H2,(H,27,28)/t16-,17+. The van der Waals surface area contributed by atoms with E-state index in [1.54, 1.807) is 0 Å². The number of nitrogens with zero attached hydrogens (tertiary/aromatic N) is 1. The van der Waals surface area contributed by atoms with Gasteiger partial charge in [-0.3, -0.25) is 4.90 Å². The van der Waals surface area contributed by atoms with E-state index in [1.807, 2.05) is 0 Å². The summed E-state index contributed by atoms with van der Waals surface area (Å²) in [6.45, 7) is 2.65. The Morgan fingerprint density at radius 2 is 1.52 bits per heavy atom. The number of carboxylic acid groups (broad SMARTS) is 1. The van der Waals surface area contributed by atoms with Crippen molar-refractivity contribution in [2.24, 2.45) is 11.8 Å². The van der Waals surface area contributed by atoms with Crippen LogP contribution in [-0.4, -0.2) is 42.2 Å². The van der Waals surface area contributed by atoms with Crippen molar-refractivity contribution in [1.29, 1.82) is 0 Å². The lowest BCUT2D eigenvalue weighted by molar-refractivity contribution is -0.160. The average molecular weight is 397 g/mol. The van der Waals surface area contributed by atoms with Crippen molar-refractivity contribution in [2.45, 2.75) is 12.0 Å². The largest absolute Gasteiger partial charge is 0.479 e. The summed E-state index contributed by atoms with van der Waals surface area (Å²) in [5.74, 6) is 5.31. The molecule has 1 aliphatic heterocycles. The maximum Gasteiger partial charge on any atom is 0.345 e. The van der Waals surface area contributed by atoms with Crippen molar-refractivity contribution < 1.29 is 23.4 Å². The summed E-state index contributed by atoms with van der Waals surface area (Å²) in [6.07, 6.45) is 1.32. The molecule has 0 aromatic heterocycles. The summed E-state index contributed by atoms with van der Waals surface area (Å²) in [4.78, 5) is 14.6. The van der Waals surface area contributed by atoms with Crippen molar-refractivity contribution in [3.8, 4) is 11.8 Å². The van der Waals surface area contributed by atoms with Gasteiger partial charge in [0.05, 0.1) is 6.54 Å². The molecule has 1 saturated heterocycles. The number of benzene rings is 2. The molecule has 0 bridgehead atoms. The molecule has 0 amide bonds. The molecule has 1 saturated carbocycles. The summed E-state index contributed by atoms with van der Waals surface area (Å²) in [7, 11) is 0. The van der Waals surface area contributed by atoms with Crippen molar-refractivity contribution in [3.05, 3.63) is 71.3 Å². The van der Waals surface area contributed by atoms with Crippen LogP contribution in [0.1, 0.15) is 17.5 Å². The summed E-state index contributed by atoms with van der Waals surface area (Å²) in [5, 5.41) is 10.1. The third-order valence-electron chi connectivity index (χ3n) is 5.65. The maximum absolute atomic E-state index is 13.4. The van der Waals surface area contributed by atoms with Crippen LogP contribution in [0.5, 0.6) is 0 Å². The Hall–Kier alpha value is -2.75. The minimum Gasteiger partial charge on any atom is -0.479 e. The number of carboxylic acids is 1. The smallest absolute Gasteiger partial charge is 0.345 e. The Morgan fingerprint density at radius 3 is 2.00 bits per heavy atom. The fourth-order valence-electron chi connectivity index (χ4n) is 4.00. The van der Waals surface area contributed by atoms with E-state index in [0.717, 1.165) is 24.9 Å². The Labute approximate surface area is 168 Å². The van der Waals surface area contributed by atoms with Crippen LogP contribution in [0, 0.1) is 35.3 Å². The van der Waals surface area contributed by atoms with Crippen molar-refractivity contribution in [3.63, 3.8) is 0 Å². The topological polar surface area (TPSA) is 49.8 Å². The second-order valence-electron chi connectivity index (χ2n) is 7.59. The molecule has 2 atom stereocenters. The second kappa shape index (κ2) is 7.94. The zero-order valence-corrected chi connectivity index (χ0v) is 15.8. The van der Waals surface area contributed by atoms with Gasteiger partial charge in [-0.2, -0.15) is 0 Å². The zero-order valence-electron chi connectivity index (χ0n) is 15.8. The lowest BCUT2D eigenvalue weighted by Crippen LogP contribution is -2.40. The summed E-state index contributed by atoms with van der Waals surface area (Å²) < 4.78 is 32.6. The Balaban J connectivity index is 1.56. The van der Waals surface area contributed by atoms with E-state index in [4.69, 9.17) is 4.74 Å². The van der Waals surface area contributed by atoms with Gasteiger partial charge in [0, 0.05) is 13.1 Å². The van der Waals surface area contributed by atoms with Crippen LogP contribution in [0.15, 0.2) is 48.5 Å². The minimum absolute atomic E-state index is 0.123. The molecule has 0 spiro atoms. The molecule has 2 aromatic rings. The molecule has 6 heteroatoms. The van der Waals surface area contributed by atoms with Crippen molar-refractivity contribution in [2.75, 3.05) is 26.2 Å². The molecule has 4 rings (SSSR count). The van der Waals surface area contributed by atoms with Crippen molar-refractivity contribution >= 4 is 5.97 Å². The van der Waals surface area contributed by atoms with E-state index in [9.17, 15) is 18.7 Å². The van der Waals surface area contributed by atoms with Gasteiger partial charge < -0.3 is 9.84 Å². The molecule has 29 heavy (non-hydrogen) atoms. The van der Waals surface area contributed by atoms with Gasteiger partial charge in [0.25, 0.3) is 0 Å². The number of halogens is 2. The summed E-state index contributed by atoms with van der Waals surface area (Å²) in [5.41, 5.74) is -1.44. The summed E-state index contributed by atoms with van der Waals surface area (Å²) >= 11 is 0. The van der Waals surface area contributed by atoms with Crippen LogP contribution >= 0.6 is 0 Å². The minimum atomic E-state index is -1.91. The second-order valence-corrected chi connectivity index (χ2v) is 7.59. The molecule has 0 radical (unpaired) electrons. The first-order valence-electron chi connectivity index (χ1n) is 9.56. The molecular formula is C23H21F2NO3. The highest BCUT2D eigenvalue weighted by atomic mass is 19.1. The third-order valence-corrected chi connectivity index (χ3v) is 5.65. The van der Waals surface area contributed by atoms with Gasteiger partial charge in [0.15, 0.2) is 0 Å². The molecule has 2 fully saturated rings. The van der Waals surface area contributed by atoms with Gasteiger partial charge in [0.1, 0.15) is 18.2 Å². The van der Waals surface area contributed by atoms with E-state index >= 15 is 0 Å². The Kier molecular flexibility index (Phi) is 5.35.